The molecule has 1 aliphatic carbocycles. The lowest BCUT2D eigenvalue weighted by atomic mass is 9.72. The molecule has 4 rings (SSSR count). The third-order valence-corrected chi connectivity index (χ3v) is 8.30. The van der Waals surface area contributed by atoms with Crippen molar-refractivity contribution in [2.75, 3.05) is 5.75 Å². The van der Waals surface area contributed by atoms with Gasteiger partial charge in [0, 0.05) is 10.6 Å². The molecule has 0 radical (unpaired) electrons. The summed E-state index contributed by atoms with van der Waals surface area (Å²) in [6.45, 7) is 15.1. The molecule has 0 saturated heterocycles. The SMILES string of the molecule is C=C(C)CSc1nc2sc3c(c2c(=O)n1-c1cccc(C)c1)CC[C@H](C(C)(C)C)C3. The second kappa shape index (κ2) is 8.01. The van der Waals surface area contributed by atoms with Gasteiger partial charge in [-0.1, -0.05) is 56.8 Å². The number of rotatable bonds is 4. The molecule has 1 atom stereocenters. The Balaban J connectivity index is 1.91. The van der Waals surface area contributed by atoms with E-state index in [-0.39, 0.29) is 11.0 Å². The van der Waals surface area contributed by atoms with Crippen molar-refractivity contribution in [1.29, 1.82) is 0 Å². The van der Waals surface area contributed by atoms with Gasteiger partial charge in [-0.05, 0) is 67.7 Å². The van der Waals surface area contributed by atoms with Gasteiger partial charge in [0.2, 0.25) is 0 Å². The van der Waals surface area contributed by atoms with Gasteiger partial charge in [-0.3, -0.25) is 9.36 Å². The van der Waals surface area contributed by atoms with Gasteiger partial charge in [-0.2, -0.15) is 0 Å². The first-order valence-electron chi connectivity index (χ1n) is 10.6. The van der Waals surface area contributed by atoms with Crippen LogP contribution in [-0.2, 0) is 12.8 Å². The fourth-order valence-corrected chi connectivity index (χ4v) is 6.42. The van der Waals surface area contributed by atoms with Crippen molar-refractivity contribution in [2.24, 2.45) is 11.3 Å². The van der Waals surface area contributed by atoms with Crippen LogP contribution in [0.5, 0.6) is 0 Å². The molecule has 30 heavy (non-hydrogen) atoms. The fraction of sp³-hybridized carbons (Fsp3) is 0.440. The van der Waals surface area contributed by atoms with Gasteiger partial charge in [0.15, 0.2) is 5.16 Å². The lowest BCUT2D eigenvalue weighted by Crippen LogP contribution is -2.27. The summed E-state index contributed by atoms with van der Waals surface area (Å²) in [7, 11) is 0. The summed E-state index contributed by atoms with van der Waals surface area (Å²) < 4.78 is 1.81. The van der Waals surface area contributed by atoms with Crippen LogP contribution in [-0.4, -0.2) is 15.3 Å². The first-order valence-corrected chi connectivity index (χ1v) is 12.4. The van der Waals surface area contributed by atoms with Gasteiger partial charge < -0.3 is 0 Å². The monoisotopic (exact) mass is 438 g/mol. The first-order chi connectivity index (χ1) is 14.1. The van der Waals surface area contributed by atoms with Crippen LogP contribution in [0.15, 0.2) is 46.4 Å². The van der Waals surface area contributed by atoms with Crippen molar-refractivity contribution < 1.29 is 0 Å². The molecule has 0 aliphatic heterocycles. The molecule has 0 fully saturated rings. The van der Waals surface area contributed by atoms with E-state index >= 15 is 0 Å². The highest BCUT2D eigenvalue weighted by atomic mass is 32.2. The number of thioether (sulfide) groups is 1. The molecular formula is C25H30N2OS2. The van der Waals surface area contributed by atoms with Crippen LogP contribution in [0.25, 0.3) is 15.9 Å². The molecule has 2 aromatic heterocycles. The Bertz CT molecular complexity index is 1180. The molecule has 158 valence electrons. The number of hydrogen-bond donors (Lipinski definition) is 0. The molecule has 3 aromatic rings. The molecule has 0 saturated carbocycles. The molecular weight excluding hydrogens is 408 g/mol. The summed E-state index contributed by atoms with van der Waals surface area (Å²) in [6.07, 6.45) is 3.16. The molecule has 0 unspecified atom stereocenters. The second-order valence-corrected chi connectivity index (χ2v) is 11.6. The van der Waals surface area contributed by atoms with E-state index in [1.54, 1.807) is 23.1 Å². The summed E-state index contributed by atoms with van der Waals surface area (Å²) in [4.78, 5) is 21.1. The Labute approximate surface area is 187 Å². The molecule has 0 amide bonds. The average Bonchev–Trinajstić information content (AvgIpc) is 3.03. The normalized spacial score (nSPS) is 16.6. The Kier molecular flexibility index (Phi) is 5.71. The molecule has 2 heterocycles. The van der Waals surface area contributed by atoms with Crippen LogP contribution in [0.1, 0.15) is 50.1 Å². The van der Waals surface area contributed by atoms with Gasteiger partial charge in [0.05, 0.1) is 11.1 Å². The van der Waals surface area contributed by atoms with Crippen molar-refractivity contribution >= 4 is 33.3 Å². The maximum Gasteiger partial charge on any atom is 0.267 e. The van der Waals surface area contributed by atoms with Gasteiger partial charge in [-0.15, -0.1) is 11.3 Å². The summed E-state index contributed by atoms with van der Waals surface area (Å²) in [6, 6.07) is 8.13. The highest BCUT2D eigenvalue weighted by Crippen LogP contribution is 2.42. The molecule has 3 nitrogen and oxygen atoms in total. The predicted molar refractivity (Wildman–Crippen MR) is 130 cm³/mol. The first kappa shape index (κ1) is 21.4. The van der Waals surface area contributed by atoms with Crippen LogP contribution in [0.4, 0.5) is 0 Å². The number of nitrogens with zero attached hydrogens (tertiary/aromatic N) is 2. The van der Waals surface area contributed by atoms with Crippen molar-refractivity contribution in [3.05, 3.63) is 62.8 Å². The van der Waals surface area contributed by atoms with Crippen LogP contribution in [0.3, 0.4) is 0 Å². The molecule has 1 aromatic carbocycles. The standard InChI is InChI=1S/C25H30N2OS2/c1-15(2)14-29-24-26-22-21(23(28)27(24)18-9-7-8-16(3)12-18)19-11-10-17(25(4,5)6)13-20(19)30-22/h7-9,12,17H,1,10-11,13-14H2,2-6H3/t17-/m0/s1. The molecule has 0 spiro atoms. The number of thiophene rings is 1. The summed E-state index contributed by atoms with van der Waals surface area (Å²) >= 11 is 3.32. The third-order valence-electron chi connectivity index (χ3n) is 5.98. The van der Waals surface area contributed by atoms with E-state index in [1.807, 2.05) is 23.6 Å². The number of aromatic nitrogens is 2. The van der Waals surface area contributed by atoms with E-state index in [0.29, 0.717) is 5.92 Å². The quantitative estimate of drug-likeness (QED) is 0.262. The van der Waals surface area contributed by atoms with E-state index in [9.17, 15) is 4.79 Å². The third kappa shape index (κ3) is 4.02. The minimum atomic E-state index is 0.0709. The fourth-order valence-electron chi connectivity index (χ4n) is 4.22. The van der Waals surface area contributed by atoms with Crippen molar-refractivity contribution in [2.45, 2.75) is 59.0 Å². The smallest absolute Gasteiger partial charge is 0.267 e. The predicted octanol–water partition coefficient (Wildman–Crippen LogP) is 6.57. The largest absolute Gasteiger partial charge is 0.268 e. The van der Waals surface area contributed by atoms with E-state index in [2.05, 4.69) is 46.4 Å². The lowest BCUT2D eigenvalue weighted by Gasteiger charge is -2.33. The molecule has 0 bridgehead atoms. The van der Waals surface area contributed by atoms with Gasteiger partial charge in [0.1, 0.15) is 4.83 Å². The highest BCUT2D eigenvalue weighted by Gasteiger charge is 2.32. The minimum absolute atomic E-state index is 0.0709. The van der Waals surface area contributed by atoms with Crippen LogP contribution < -0.4 is 5.56 Å². The van der Waals surface area contributed by atoms with Crippen molar-refractivity contribution in [3.63, 3.8) is 0 Å². The van der Waals surface area contributed by atoms with Crippen LogP contribution in [0, 0.1) is 18.3 Å². The number of aryl methyl sites for hydroxylation is 2. The Morgan fingerprint density at radius 2 is 2.13 bits per heavy atom. The number of fused-ring (bicyclic) bond motifs is 3. The van der Waals surface area contributed by atoms with Gasteiger partial charge in [-0.25, -0.2) is 4.98 Å². The topological polar surface area (TPSA) is 34.9 Å². The lowest BCUT2D eigenvalue weighted by molar-refractivity contribution is 0.218. The Hall–Kier alpha value is -1.85. The van der Waals surface area contributed by atoms with Crippen LogP contribution in [0.2, 0.25) is 0 Å². The maximum atomic E-state index is 13.8. The highest BCUT2D eigenvalue weighted by molar-refractivity contribution is 7.99. The maximum absolute atomic E-state index is 13.8. The summed E-state index contributed by atoms with van der Waals surface area (Å²) in [5.74, 6) is 1.40. The van der Waals surface area contributed by atoms with Gasteiger partial charge in [0.25, 0.3) is 5.56 Å². The van der Waals surface area contributed by atoms with E-state index < -0.39 is 0 Å². The van der Waals surface area contributed by atoms with Crippen molar-refractivity contribution in [1.82, 2.24) is 9.55 Å². The minimum Gasteiger partial charge on any atom is -0.268 e. The van der Waals surface area contributed by atoms with Gasteiger partial charge >= 0.3 is 0 Å². The Morgan fingerprint density at radius 1 is 1.37 bits per heavy atom. The molecule has 1 aliphatic rings. The van der Waals surface area contributed by atoms with E-state index in [1.165, 1.54) is 10.4 Å². The zero-order valence-electron chi connectivity index (χ0n) is 18.5. The summed E-state index contributed by atoms with van der Waals surface area (Å²) in [5, 5.41) is 1.59. The van der Waals surface area contributed by atoms with Crippen molar-refractivity contribution in [3.8, 4) is 5.69 Å². The zero-order valence-corrected chi connectivity index (χ0v) is 20.2. The zero-order chi connectivity index (χ0) is 21.6. The average molecular weight is 439 g/mol. The second-order valence-electron chi connectivity index (χ2n) is 9.61. The summed E-state index contributed by atoms with van der Waals surface area (Å²) in [5.41, 5.74) is 4.69. The molecule has 0 N–H and O–H groups in total. The number of benzene rings is 1. The Morgan fingerprint density at radius 3 is 2.80 bits per heavy atom. The van der Waals surface area contributed by atoms with E-state index in [4.69, 9.17) is 4.98 Å². The number of hydrogen-bond acceptors (Lipinski definition) is 4. The van der Waals surface area contributed by atoms with E-state index in [0.717, 1.165) is 57.2 Å². The van der Waals surface area contributed by atoms with Crippen LogP contribution >= 0.6 is 23.1 Å². The molecule has 5 heteroatoms.